The number of carbonyl (C=O) groups is 1. The zero-order chi connectivity index (χ0) is 19.1. The van der Waals surface area contributed by atoms with E-state index in [9.17, 15) is 25.0 Å². The number of esters is 1. The molecule has 0 fully saturated rings. The lowest BCUT2D eigenvalue weighted by molar-refractivity contribution is -0.396. The van der Waals surface area contributed by atoms with Gasteiger partial charge in [-0.1, -0.05) is 12.2 Å². The lowest BCUT2D eigenvalue weighted by atomic mass is 9.91. The molecule has 0 saturated heterocycles. The number of nitrogens with zero attached hydrogens (tertiary/aromatic N) is 2. The first-order valence-electron chi connectivity index (χ1n) is 7.88. The van der Waals surface area contributed by atoms with E-state index in [1.54, 1.807) is 0 Å². The number of hydrogen-bond acceptors (Lipinski definition) is 7. The van der Waals surface area contributed by atoms with Crippen LogP contribution in [-0.4, -0.2) is 33.6 Å². The molecule has 10 heteroatoms. The molecule has 0 saturated carbocycles. The molecule has 0 N–H and O–H groups in total. The fourth-order valence-corrected chi connectivity index (χ4v) is 4.01. The molecule has 26 heavy (non-hydrogen) atoms. The van der Waals surface area contributed by atoms with E-state index in [0.29, 0.717) is 11.3 Å². The zero-order valence-corrected chi connectivity index (χ0v) is 15.3. The van der Waals surface area contributed by atoms with Crippen LogP contribution in [0.4, 0.5) is 11.4 Å². The Morgan fingerprint density at radius 3 is 2.73 bits per heavy atom. The van der Waals surface area contributed by atoms with E-state index in [0.717, 1.165) is 12.5 Å². The Morgan fingerprint density at radius 1 is 1.31 bits per heavy atom. The third kappa shape index (κ3) is 5.70. The first-order valence-corrected chi connectivity index (χ1v) is 9.30. The Bertz CT molecular complexity index is 727. The molecule has 0 amide bonds. The van der Waals surface area contributed by atoms with Crippen molar-refractivity contribution in [2.45, 2.75) is 29.4 Å². The number of alkyl halides is 1. The van der Waals surface area contributed by atoms with Gasteiger partial charge in [0.1, 0.15) is 6.61 Å². The third-order valence-corrected chi connectivity index (χ3v) is 5.22. The summed E-state index contributed by atoms with van der Waals surface area (Å²) in [7, 11) is 0. The van der Waals surface area contributed by atoms with Gasteiger partial charge < -0.3 is 4.74 Å². The van der Waals surface area contributed by atoms with E-state index in [1.807, 2.05) is 12.2 Å². The van der Waals surface area contributed by atoms with Gasteiger partial charge in [0, 0.05) is 17.7 Å². The van der Waals surface area contributed by atoms with Crippen LogP contribution in [-0.2, 0) is 9.53 Å². The van der Waals surface area contributed by atoms with E-state index in [4.69, 9.17) is 16.3 Å². The predicted octanol–water partition coefficient (Wildman–Crippen LogP) is 4.10. The minimum atomic E-state index is -0.662. The largest absolute Gasteiger partial charge is 0.464 e. The van der Waals surface area contributed by atoms with Gasteiger partial charge in [-0.15, -0.1) is 23.4 Å². The normalized spacial score (nSPS) is 19.1. The Kier molecular flexibility index (Phi) is 7.40. The Labute approximate surface area is 158 Å². The SMILES string of the molecule is O=C(CC1CC=CC(Sc2ccc([N+](=O)[O-])cc2[N+](=O)[O-])C1)OCCCl. The van der Waals surface area contributed by atoms with E-state index < -0.39 is 9.85 Å². The number of rotatable bonds is 8. The molecule has 2 unspecified atom stereocenters. The molecule has 1 aliphatic carbocycles. The summed E-state index contributed by atoms with van der Waals surface area (Å²) >= 11 is 6.75. The molecule has 0 radical (unpaired) electrons. The summed E-state index contributed by atoms with van der Waals surface area (Å²) in [6.45, 7) is 0.177. The molecule has 1 aromatic rings. The van der Waals surface area contributed by atoms with Crippen molar-refractivity contribution in [3.8, 4) is 0 Å². The average molecular weight is 401 g/mol. The minimum Gasteiger partial charge on any atom is -0.464 e. The Morgan fingerprint density at radius 2 is 2.08 bits per heavy atom. The average Bonchev–Trinajstić information content (AvgIpc) is 2.60. The molecule has 0 spiro atoms. The molecular weight excluding hydrogens is 384 g/mol. The maximum atomic E-state index is 11.7. The van der Waals surface area contributed by atoms with Crippen LogP contribution in [0, 0.1) is 26.1 Å². The summed E-state index contributed by atoms with van der Waals surface area (Å²) in [5.41, 5.74) is -0.610. The summed E-state index contributed by atoms with van der Waals surface area (Å²) in [4.78, 5) is 32.8. The van der Waals surface area contributed by atoms with Crippen molar-refractivity contribution in [1.82, 2.24) is 0 Å². The third-order valence-electron chi connectivity index (χ3n) is 3.81. The molecule has 140 valence electrons. The van der Waals surface area contributed by atoms with Gasteiger partial charge in [0.25, 0.3) is 11.4 Å². The quantitative estimate of drug-likeness (QED) is 0.212. The highest BCUT2D eigenvalue weighted by Crippen LogP contribution is 2.39. The van der Waals surface area contributed by atoms with Gasteiger partial charge >= 0.3 is 5.97 Å². The first-order chi connectivity index (χ1) is 12.4. The Balaban J connectivity index is 2.05. The number of benzene rings is 1. The molecular formula is C16H17ClN2O6S. The van der Waals surface area contributed by atoms with Crippen molar-refractivity contribution in [3.05, 3.63) is 50.6 Å². The van der Waals surface area contributed by atoms with Gasteiger partial charge in [-0.2, -0.15) is 0 Å². The second-order valence-electron chi connectivity index (χ2n) is 5.70. The standard InChI is InChI=1S/C16H17ClN2O6S/c17-6-7-25-16(20)9-11-2-1-3-13(8-11)26-15-5-4-12(18(21)22)10-14(15)19(23)24/h1,3-5,10-11,13H,2,6-9H2. The van der Waals surface area contributed by atoms with Crippen LogP contribution in [0.1, 0.15) is 19.3 Å². The smallest absolute Gasteiger partial charge is 0.306 e. The predicted molar refractivity (Wildman–Crippen MR) is 97.6 cm³/mol. The molecule has 0 bridgehead atoms. The van der Waals surface area contributed by atoms with E-state index in [1.165, 1.54) is 23.9 Å². The molecule has 0 aromatic heterocycles. The summed E-state index contributed by atoms with van der Waals surface area (Å²) in [5.74, 6) is 0.0203. The maximum Gasteiger partial charge on any atom is 0.306 e. The van der Waals surface area contributed by atoms with Gasteiger partial charge in [-0.3, -0.25) is 25.0 Å². The summed E-state index contributed by atoms with van der Waals surface area (Å²) in [5, 5.41) is 22.0. The van der Waals surface area contributed by atoms with Crippen LogP contribution in [0.3, 0.4) is 0 Å². The van der Waals surface area contributed by atoms with E-state index >= 15 is 0 Å². The van der Waals surface area contributed by atoms with Gasteiger partial charge in [0.05, 0.1) is 26.7 Å². The number of allylic oxidation sites excluding steroid dienone is 1. The summed E-state index contributed by atoms with van der Waals surface area (Å²) in [6.07, 6.45) is 5.54. The molecule has 2 atom stereocenters. The molecule has 8 nitrogen and oxygen atoms in total. The van der Waals surface area contributed by atoms with Gasteiger partial charge in [-0.05, 0) is 24.8 Å². The number of nitro groups is 2. The van der Waals surface area contributed by atoms with Gasteiger partial charge in [-0.25, -0.2) is 0 Å². The second kappa shape index (κ2) is 9.54. The van der Waals surface area contributed by atoms with Crippen LogP contribution in [0.5, 0.6) is 0 Å². The topological polar surface area (TPSA) is 113 Å². The molecule has 1 aromatic carbocycles. The van der Waals surface area contributed by atoms with E-state index in [-0.39, 0.29) is 47.4 Å². The van der Waals surface area contributed by atoms with Crippen molar-refractivity contribution in [2.24, 2.45) is 5.92 Å². The van der Waals surface area contributed by atoms with Crippen LogP contribution in [0.15, 0.2) is 35.2 Å². The number of ether oxygens (including phenoxy) is 1. The van der Waals surface area contributed by atoms with Gasteiger partial charge in [0.2, 0.25) is 0 Å². The number of hydrogen-bond donors (Lipinski definition) is 0. The lowest BCUT2D eigenvalue weighted by Gasteiger charge is -2.23. The number of non-ortho nitro benzene ring substituents is 1. The fraction of sp³-hybridized carbons (Fsp3) is 0.438. The summed E-state index contributed by atoms with van der Waals surface area (Å²) < 4.78 is 4.98. The lowest BCUT2D eigenvalue weighted by Crippen LogP contribution is -2.18. The van der Waals surface area contributed by atoms with Crippen molar-refractivity contribution in [2.75, 3.05) is 12.5 Å². The van der Waals surface area contributed by atoms with Gasteiger partial charge in [0.15, 0.2) is 0 Å². The zero-order valence-electron chi connectivity index (χ0n) is 13.7. The molecule has 0 aliphatic heterocycles. The number of nitro benzene ring substituents is 2. The Hall–Kier alpha value is -2.13. The highest BCUT2D eigenvalue weighted by molar-refractivity contribution is 8.00. The number of carbonyl (C=O) groups excluding carboxylic acids is 1. The highest BCUT2D eigenvalue weighted by atomic mass is 35.5. The minimum absolute atomic E-state index is 0.0604. The van der Waals surface area contributed by atoms with Crippen LogP contribution >= 0.6 is 23.4 Å². The van der Waals surface area contributed by atoms with Crippen molar-refractivity contribution in [3.63, 3.8) is 0 Å². The highest BCUT2D eigenvalue weighted by Gasteiger charge is 2.26. The number of thioether (sulfide) groups is 1. The van der Waals surface area contributed by atoms with Crippen LogP contribution in [0.2, 0.25) is 0 Å². The maximum absolute atomic E-state index is 11.7. The summed E-state index contributed by atoms with van der Waals surface area (Å²) in [6, 6.07) is 3.62. The van der Waals surface area contributed by atoms with E-state index in [2.05, 4.69) is 0 Å². The second-order valence-corrected chi connectivity index (χ2v) is 7.36. The van der Waals surface area contributed by atoms with Crippen LogP contribution in [0.25, 0.3) is 0 Å². The molecule has 0 heterocycles. The number of halogens is 1. The van der Waals surface area contributed by atoms with Crippen molar-refractivity contribution >= 4 is 40.7 Å². The molecule has 2 rings (SSSR count). The van der Waals surface area contributed by atoms with Crippen molar-refractivity contribution in [1.29, 1.82) is 0 Å². The molecule has 1 aliphatic rings. The first kappa shape index (κ1) is 20.2. The van der Waals surface area contributed by atoms with Crippen molar-refractivity contribution < 1.29 is 19.4 Å². The van der Waals surface area contributed by atoms with Crippen LogP contribution < -0.4 is 0 Å². The monoisotopic (exact) mass is 400 g/mol. The fourth-order valence-electron chi connectivity index (χ4n) is 2.65.